The highest BCUT2D eigenvalue weighted by Gasteiger charge is 2.12. The average molecular weight is 571 g/mol. The van der Waals surface area contributed by atoms with Gasteiger partial charge in [-0.3, -0.25) is 4.79 Å². The minimum Gasteiger partial charge on any atom is -0.493 e. The zero-order valence-electron chi connectivity index (χ0n) is 17.7. The van der Waals surface area contributed by atoms with Crippen molar-refractivity contribution in [2.45, 2.75) is 6.61 Å². The summed E-state index contributed by atoms with van der Waals surface area (Å²) in [5.41, 5.74) is 4.77. The van der Waals surface area contributed by atoms with Gasteiger partial charge in [0.1, 0.15) is 6.61 Å². The van der Waals surface area contributed by atoms with Crippen molar-refractivity contribution in [3.05, 3.63) is 104 Å². The Morgan fingerprint density at radius 2 is 1.79 bits per heavy atom. The molecule has 1 N–H and O–H groups in total. The van der Waals surface area contributed by atoms with Gasteiger partial charge in [-0.25, -0.2) is 5.43 Å². The summed E-state index contributed by atoms with van der Waals surface area (Å²) in [6, 6.07) is 24.7. The SMILES string of the molecule is COc1cc(/C=N\NC(=O)c2ccc3ccccc3c2)cc(I)c1OCc1ccccc1Cl. The van der Waals surface area contributed by atoms with Gasteiger partial charge < -0.3 is 9.47 Å². The molecule has 0 aliphatic heterocycles. The van der Waals surface area contributed by atoms with Crippen molar-refractivity contribution in [3.8, 4) is 11.5 Å². The molecule has 0 radical (unpaired) electrons. The van der Waals surface area contributed by atoms with E-state index in [9.17, 15) is 4.79 Å². The number of carbonyl (C=O) groups excluding carboxylic acids is 1. The van der Waals surface area contributed by atoms with Gasteiger partial charge in [0, 0.05) is 16.1 Å². The molecule has 0 fully saturated rings. The summed E-state index contributed by atoms with van der Waals surface area (Å²) in [6.45, 7) is 0.321. The lowest BCUT2D eigenvalue weighted by molar-refractivity contribution is 0.0955. The Morgan fingerprint density at radius 3 is 2.58 bits per heavy atom. The molecule has 4 aromatic rings. The number of nitrogens with zero attached hydrogens (tertiary/aromatic N) is 1. The second-order valence-electron chi connectivity index (χ2n) is 7.18. The summed E-state index contributed by atoms with van der Waals surface area (Å²) in [6.07, 6.45) is 1.57. The predicted octanol–water partition coefficient (Wildman–Crippen LogP) is 6.45. The Bertz CT molecular complexity index is 1340. The van der Waals surface area contributed by atoms with E-state index < -0.39 is 0 Å². The second kappa shape index (κ2) is 10.7. The molecule has 0 saturated carbocycles. The fourth-order valence-corrected chi connectivity index (χ4v) is 4.25. The maximum absolute atomic E-state index is 12.5. The standard InChI is InChI=1S/C26H20ClIN2O3/c1-32-24-13-17(12-23(28)25(24)33-16-21-8-4-5-9-22(21)27)15-29-30-26(31)20-11-10-18-6-2-3-7-19(18)14-20/h2-15H,16H2,1H3,(H,30,31)/b29-15-. The summed E-state index contributed by atoms with van der Waals surface area (Å²) >= 11 is 8.40. The van der Waals surface area contributed by atoms with Crippen molar-refractivity contribution in [3.63, 3.8) is 0 Å². The summed E-state index contributed by atoms with van der Waals surface area (Å²) < 4.78 is 12.3. The highest BCUT2D eigenvalue weighted by molar-refractivity contribution is 14.1. The lowest BCUT2D eigenvalue weighted by atomic mass is 10.1. The number of carbonyl (C=O) groups is 1. The molecular formula is C26H20ClIN2O3. The first-order valence-corrected chi connectivity index (χ1v) is 11.6. The van der Waals surface area contributed by atoms with E-state index in [1.54, 1.807) is 25.5 Å². The van der Waals surface area contributed by atoms with Gasteiger partial charge >= 0.3 is 0 Å². The molecule has 4 rings (SSSR count). The number of hydrogen-bond acceptors (Lipinski definition) is 4. The van der Waals surface area contributed by atoms with Gasteiger partial charge in [-0.05, 0) is 69.3 Å². The molecule has 4 aromatic carbocycles. The topological polar surface area (TPSA) is 59.9 Å². The Kier molecular flexibility index (Phi) is 7.47. The summed E-state index contributed by atoms with van der Waals surface area (Å²) in [5, 5.41) is 6.84. The third-order valence-electron chi connectivity index (χ3n) is 4.97. The zero-order valence-corrected chi connectivity index (χ0v) is 20.6. The minimum atomic E-state index is -0.279. The highest BCUT2D eigenvalue weighted by atomic mass is 127. The van der Waals surface area contributed by atoms with Gasteiger partial charge in [-0.1, -0.05) is 60.1 Å². The van der Waals surface area contributed by atoms with Gasteiger partial charge in [0.25, 0.3) is 5.91 Å². The molecule has 0 heterocycles. The number of ether oxygens (including phenoxy) is 2. The lowest BCUT2D eigenvalue weighted by Gasteiger charge is -2.14. The number of nitrogens with one attached hydrogen (secondary N) is 1. The zero-order chi connectivity index (χ0) is 23.2. The molecule has 166 valence electrons. The quantitative estimate of drug-likeness (QED) is 0.158. The molecule has 0 spiro atoms. The molecule has 0 unspecified atom stereocenters. The number of rotatable bonds is 7. The fraction of sp³-hybridized carbons (Fsp3) is 0.0769. The van der Waals surface area contributed by atoms with Crippen LogP contribution in [0.15, 0.2) is 84.0 Å². The van der Waals surface area contributed by atoms with Crippen molar-refractivity contribution < 1.29 is 14.3 Å². The number of hydrazone groups is 1. The maximum Gasteiger partial charge on any atom is 0.271 e. The lowest BCUT2D eigenvalue weighted by Crippen LogP contribution is -2.17. The molecule has 0 saturated heterocycles. The molecule has 33 heavy (non-hydrogen) atoms. The number of hydrogen-bond donors (Lipinski definition) is 1. The van der Waals surface area contributed by atoms with Crippen LogP contribution >= 0.6 is 34.2 Å². The molecular weight excluding hydrogens is 551 g/mol. The normalized spacial score (nSPS) is 11.0. The maximum atomic E-state index is 12.5. The molecule has 0 aliphatic rings. The van der Waals surface area contributed by atoms with E-state index >= 15 is 0 Å². The van der Waals surface area contributed by atoms with Crippen LogP contribution in [-0.2, 0) is 6.61 Å². The van der Waals surface area contributed by atoms with Gasteiger partial charge in [0.05, 0.1) is 16.9 Å². The molecule has 1 amide bonds. The van der Waals surface area contributed by atoms with Crippen molar-refractivity contribution >= 4 is 57.1 Å². The van der Waals surface area contributed by atoms with E-state index in [0.29, 0.717) is 28.7 Å². The van der Waals surface area contributed by atoms with Crippen LogP contribution in [0.5, 0.6) is 11.5 Å². The van der Waals surface area contributed by atoms with Crippen LogP contribution < -0.4 is 14.9 Å². The monoisotopic (exact) mass is 570 g/mol. The van der Waals surface area contributed by atoms with Gasteiger partial charge in [0.15, 0.2) is 11.5 Å². The predicted molar refractivity (Wildman–Crippen MR) is 141 cm³/mol. The van der Waals surface area contributed by atoms with E-state index in [2.05, 4.69) is 33.1 Å². The largest absolute Gasteiger partial charge is 0.493 e. The first-order valence-electron chi connectivity index (χ1n) is 10.1. The van der Waals surface area contributed by atoms with Crippen molar-refractivity contribution in [2.75, 3.05) is 7.11 Å². The number of methoxy groups -OCH3 is 1. The highest BCUT2D eigenvalue weighted by Crippen LogP contribution is 2.34. The van der Waals surface area contributed by atoms with Crippen molar-refractivity contribution in [1.82, 2.24) is 5.43 Å². The Hall–Kier alpha value is -3.10. The summed E-state index contributed by atoms with van der Waals surface area (Å²) in [7, 11) is 1.58. The molecule has 0 aromatic heterocycles. The van der Waals surface area contributed by atoms with Crippen molar-refractivity contribution in [2.24, 2.45) is 5.10 Å². The Labute approximate surface area is 210 Å². The minimum absolute atomic E-state index is 0.279. The van der Waals surface area contributed by atoms with Crippen LogP contribution in [0.3, 0.4) is 0 Å². The van der Waals surface area contributed by atoms with Gasteiger partial charge in [0.2, 0.25) is 0 Å². The van der Waals surface area contributed by atoms with Crippen LogP contribution in [0.2, 0.25) is 5.02 Å². The number of amides is 1. The van der Waals surface area contributed by atoms with Crippen molar-refractivity contribution in [1.29, 1.82) is 0 Å². The van der Waals surface area contributed by atoms with Gasteiger partial charge in [-0.2, -0.15) is 5.10 Å². The number of halogens is 2. The van der Waals surface area contributed by atoms with E-state index in [4.69, 9.17) is 21.1 Å². The summed E-state index contributed by atoms with van der Waals surface area (Å²) in [5.74, 6) is 0.907. The van der Waals surface area contributed by atoms with Gasteiger partial charge in [-0.15, -0.1) is 0 Å². The Morgan fingerprint density at radius 1 is 1.03 bits per heavy atom. The third-order valence-corrected chi connectivity index (χ3v) is 6.14. The Balaban J connectivity index is 1.45. The van der Waals surface area contributed by atoms with E-state index in [1.165, 1.54) is 0 Å². The smallest absolute Gasteiger partial charge is 0.271 e. The van der Waals surface area contributed by atoms with Crippen LogP contribution in [-0.4, -0.2) is 19.2 Å². The van der Waals surface area contributed by atoms with E-state index in [-0.39, 0.29) is 5.91 Å². The first kappa shape index (κ1) is 23.1. The first-order chi connectivity index (χ1) is 16.0. The number of benzene rings is 4. The van der Waals surface area contributed by atoms with E-state index in [1.807, 2.05) is 66.7 Å². The van der Waals surface area contributed by atoms with Crippen LogP contribution in [0.1, 0.15) is 21.5 Å². The molecule has 0 aliphatic carbocycles. The van der Waals surface area contributed by atoms with E-state index in [0.717, 1.165) is 25.5 Å². The van der Waals surface area contributed by atoms with Crippen LogP contribution in [0.25, 0.3) is 10.8 Å². The number of fused-ring (bicyclic) bond motifs is 1. The fourth-order valence-electron chi connectivity index (χ4n) is 3.28. The third kappa shape index (κ3) is 5.64. The molecule has 7 heteroatoms. The molecule has 0 atom stereocenters. The molecule has 5 nitrogen and oxygen atoms in total. The van der Waals surface area contributed by atoms with Crippen LogP contribution in [0, 0.1) is 3.57 Å². The average Bonchev–Trinajstić information content (AvgIpc) is 2.83. The van der Waals surface area contributed by atoms with Crippen LogP contribution in [0.4, 0.5) is 0 Å². The molecule has 0 bridgehead atoms. The second-order valence-corrected chi connectivity index (χ2v) is 8.74. The summed E-state index contributed by atoms with van der Waals surface area (Å²) in [4.78, 5) is 12.5.